The van der Waals surface area contributed by atoms with Crippen LogP contribution in [0.5, 0.6) is 5.75 Å². The SMILES string of the molecule is Cc1ccc(OCCC(=O)Nc2cc(Cl)ccc2N2CCOCC2)c(C)c1. The molecule has 0 radical (unpaired) electrons. The molecule has 0 aromatic heterocycles. The van der Waals surface area contributed by atoms with Gasteiger partial charge in [-0.1, -0.05) is 29.3 Å². The minimum Gasteiger partial charge on any atom is -0.493 e. The van der Waals surface area contributed by atoms with E-state index in [1.54, 1.807) is 6.07 Å². The number of hydrogen-bond donors (Lipinski definition) is 1. The smallest absolute Gasteiger partial charge is 0.227 e. The highest BCUT2D eigenvalue weighted by atomic mass is 35.5. The topological polar surface area (TPSA) is 50.8 Å². The van der Waals surface area contributed by atoms with Crippen LogP contribution in [0.2, 0.25) is 5.02 Å². The predicted octanol–water partition coefficient (Wildman–Crippen LogP) is 4.20. The maximum absolute atomic E-state index is 12.4. The van der Waals surface area contributed by atoms with Crippen molar-refractivity contribution in [1.29, 1.82) is 0 Å². The molecule has 144 valence electrons. The number of hydrogen-bond acceptors (Lipinski definition) is 4. The Balaban J connectivity index is 1.59. The molecular weight excluding hydrogens is 364 g/mol. The Hall–Kier alpha value is -2.24. The van der Waals surface area contributed by atoms with Gasteiger partial charge in [-0.25, -0.2) is 0 Å². The Morgan fingerprint density at radius 2 is 1.96 bits per heavy atom. The molecule has 0 atom stereocenters. The van der Waals surface area contributed by atoms with E-state index in [1.165, 1.54) is 5.56 Å². The second kappa shape index (κ2) is 9.11. The molecule has 2 aromatic rings. The van der Waals surface area contributed by atoms with Crippen molar-refractivity contribution in [2.45, 2.75) is 20.3 Å². The van der Waals surface area contributed by atoms with Gasteiger partial charge in [-0.05, 0) is 43.7 Å². The molecule has 1 aliphatic heterocycles. The molecule has 0 spiro atoms. The van der Waals surface area contributed by atoms with Crippen LogP contribution >= 0.6 is 11.6 Å². The number of halogens is 1. The van der Waals surface area contributed by atoms with Crippen LogP contribution in [0.4, 0.5) is 11.4 Å². The van der Waals surface area contributed by atoms with Gasteiger partial charge in [0.05, 0.1) is 37.6 Å². The first-order valence-corrected chi connectivity index (χ1v) is 9.53. The van der Waals surface area contributed by atoms with Gasteiger partial charge in [-0.15, -0.1) is 0 Å². The Morgan fingerprint density at radius 1 is 1.19 bits per heavy atom. The summed E-state index contributed by atoms with van der Waals surface area (Å²) in [6, 6.07) is 11.6. The number of amides is 1. The van der Waals surface area contributed by atoms with Crippen molar-refractivity contribution < 1.29 is 14.3 Å². The average Bonchev–Trinajstić information content (AvgIpc) is 2.64. The van der Waals surface area contributed by atoms with Gasteiger partial charge in [-0.2, -0.15) is 0 Å². The lowest BCUT2D eigenvalue weighted by Crippen LogP contribution is -2.36. The highest BCUT2D eigenvalue weighted by molar-refractivity contribution is 6.31. The number of carbonyl (C=O) groups excluding carboxylic acids is 1. The zero-order valence-electron chi connectivity index (χ0n) is 15.8. The molecule has 1 N–H and O–H groups in total. The predicted molar refractivity (Wildman–Crippen MR) is 109 cm³/mol. The second-order valence-corrected chi connectivity index (χ2v) is 7.11. The van der Waals surface area contributed by atoms with Crippen molar-refractivity contribution in [2.75, 3.05) is 43.1 Å². The van der Waals surface area contributed by atoms with Crippen LogP contribution < -0.4 is 15.0 Å². The van der Waals surface area contributed by atoms with Crippen molar-refractivity contribution in [1.82, 2.24) is 0 Å². The number of aryl methyl sites for hydroxylation is 2. The Kier molecular flexibility index (Phi) is 6.58. The summed E-state index contributed by atoms with van der Waals surface area (Å²) in [4.78, 5) is 14.6. The Labute approximate surface area is 165 Å². The lowest BCUT2D eigenvalue weighted by molar-refractivity contribution is -0.116. The monoisotopic (exact) mass is 388 g/mol. The quantitative estimate of drug-likeness (QED) is 0.805. The summed E-state index contributed by atoms with van der Waals surface area (Å²) in [6.07, 6.45) is 0.266. The summed E-state index contributed by atoms with van der Waals surface area (Å²) >= 11 is 6.13. The molecule has 6 heteroatoms. The third kappa shape index (κ3) is 5.37. The minimum absolute atomic E-state index is 0.100. The molecule has 0 aliphatic carbocycles. The number of nitrogens with zero attached hydrogens (tertiary/aromatic N) is 1. The molecule has 1 saturated heterocycles. The van der Waals surface area contributed by atoms with Crippen LogP contribution in [0, 0.1) is 13.8 Å². The van der Waals surface area contributed by atoms with Gasteiger partial charge in [0.25, 0.3) is 0 Å². The number of benzene rings is 2. The van der Waals surface area contributed by atoms with Crippen molar-refractivity contribution >= 4 is 28.9 Å². The van der Waals surface area contributed by atoms with Gasteiger partial charge in [0.1, 0.15) is 5.75 Å². The first-order chi connectivity index (χ1) is 13.0. The van der Waals surface area contributed by atoms with E-state index in [0.29, 0.717) is 24.8 Å². The van der Waals surface area contributed by atoms with E-state index in [0.717, 1.165) is 35.8 Å². The number of rotatable bonds is 6. The van der Waals surface area contributed by atoms with Gasteiger partial charge in [0.2, 0.25) is 5.91 Å². The van der Waals surface area contributed by atoms with Gasteiger partial charge < -0.3 is 19.7 Å². The van der Waals surface area contributed by atoms with E-state index in [-0.39, 0.29) is 12.3 Å². The Morgan fingerprint density at radius 3 is 2.70 bits per heavy atom. The number of morpholine rings is 1. The molecule has 1 heterocycles. The van der Waals surface area contributed by atoms with Crippen LogP contribution in [0.3, 0.4) is 0 Å². The fourth-order valence-corrected chi connectivity index (χ4v) is 3.29. The van der Waals surface area contributed by atoms with Crippen molar-refractivity contribution in [2.24, 2.45) is 0 Å². The van der Waals surface area contributed by atoms with Crippen LogP contribution in [0.25, 0.3) is 0 Å². The van der Waals surface area contributed by atoms with Gasteiger partial charge in [-0.3, -0.25) is 4.79 Å². The van der Waals surface area contributed by atoms with Crippen LogP contribution in [0.1, 0.15) is 17.5 Å². The fraction of sp³-hybridized carbons (Fsp3) is 0.381. The second-order valence-electron chi connectivity index (χ2n) is 6.68. The lowest BCUT2D eigenvalue weighted by Gasteiger charge is -2.30. The van der Waals surface area contributed by atoms with E-state index in [9.17, 15) is 4.79 Å². The maximum Gasteiger partial charge on any atom is 0.227 e. The molecule has 1 fully saturated rings. The van der Waals surface area contributed by atoms with E-state index < -0.39 is 0 Å². The Bertz CT molecular complexity index is 804. The van der Waals surface area contributed by atoms with Crippen molar-refractivity contribution in [3.8, 4) is 5.75 Å². The molecule has 0 saturated carbocycles. The summed E-state index contributed by atoms with van der Waals surface area (Å²) in [6.45, 7) is 7.31. The molecule has 3 rings (SSSR count). The maximum atomic E-state index is 12.4. The number of carbonyl (C=O) groups is 1. The normalized spacial score (nSPS) is 14.1. The van der Waals surface area contributed by atoms with E-state index >= 15 is 0 Å². The zero-order valence-corrected chi connectivity index (χ0v) is 16.5. The van der Waals surface area contributed by atoms with Crippen molar-refractivity contribution in [3.05, 3.63) is 52.5 Å². The molecule has 5 nitrogen and oxygen atoms in total. The summed E-state index contributed by atoms with van der Waals surface area (Å²) in [5.41, 5.74) is 3.95. The highest BCUT2D eigenvalue weighted by Gasteiger charge is 2.16. The average molecular weight is 389 g/mol. The first kappa shape index (κ1) is 19.5. The van der Waals surface area contributed by atoms with Crippen LogP contribution in [-0.2, 0) is 9.53 Å². The number of ether oxygens (including phenoxy) is 2. The summed E-state index contributed by atoms with van der Waals surface area (Å²) in [5.74, 6) is 0.710. The molecule has 1 aliphatic rings. The lowest BCUT2D eigenvalue weighted by atomic mass is 10.1. The minimum atomic E-state index is -0.100. The van der Waals surface area contributed by atoms with Gasteiger partial charge >= 0.3 is 0 Å². The van der Waals surface area contributed by atoms with Crippen LogP contribution in [0.15, 0.2) is 36.4 Å². The van der Waals surface area contributed by atoms with E-state index in [2.05, 4.69) is 16.3 Å². The van der Waals surface area contributed by atoms with Crippen LogP contribution in [-0.4, -0.2) is 38.8 Å². The summed E-state index contributed by atoms with van der Waals surface area (Å²) in [7, 11) is 0. The zero-order chi connectivity index (χ0) is 19.2. The number of anilines is 2. The summed E-state index contributed by atoms with van der Waals surface area (Å²) < 4.78 is 11.2. The highest BCUT2D eigenvalue weighted by Crippen LogP contribution is 2.30. The first-order valence-electron chi connectivity index (χ1n) is 9.15. The third-order valence-electron chi connectivity index (χ3n) is 4.50. The molecule has 27 heavy (non-hydrogen) atoms. The van der Waals surface area contributed by atoms with Gasteiger partial charge in [0, 0.05) is 18.1 Å². The molecule has 1 amide bonds. The largest absolute Gasteiger partial charge is 0.493 e. The standard InChI is InChI=1S/C21H25ClN2O3/c1-15-3-6-20(16(2)13-15)27-10-7-21(25)23-18-14-17(22)4-5-19(18)24-8-11-26-12-9-24/h3-6,13-14H,7-12H2,1-2H3,(H,23,25). The molecule has 0 bridgehead atoms. The third-order valence-corrected chi connectivity index (χ3v) is 4.74. The van der Waals surface area contributed by atoms with E-state index in [4.69, 9.17) is 21.1 Å². The molecule has 2 aromatic carbocycles. The van der Waals surface area contributed by atoms with Crippen molar-refractivity contribution in [3.63, 3.8) is 0 Å². The fourth-order valence-electron chi connectivity index (χ4n) is 3.12. The van der Waals surface area contributed by atoms with Gasteiger partial charge in [0.15, 0.2) is 0 Å². The van der Waals surface area contributed by atoms with E-state index in [1.807, 2.05) is 38.1 Å². The molecule has 0 unspecified atom stereocenters. The number of nitrogens with one attached hydrogen (secondary N) is 1. The molecular formula is C21H25ClN2O3. The summed E-state index contributed by atoms with van der Waals surface area (Å²) in [5, 5.41) is 3.56.